The SMILES string of the molecule is CC(C)CCNC1c2cc(CC(=O)NCCN3CCCCC3)ccc2OC(C)(C)C1O. The first-order chi connectivity index (χ1) is 14.8. The number of nitrogens with one attached hydrogen (secondary N) is 2. The van der Waals surface area contributed by atoms with E-state index < -0.39 is 11.7 Å². The predicted molar refractivity (Wildman–Crippen MR) is 124 cm³/mol. The summed E-state index contributed by atoms with van der Waals surface area (Å²) in [7, 11) is 0. The molecule has 0 bridgehead atoms. The molecule has 6 nitrogen and oxygen atoms in total. The molecule has 1 aromatic carbocycles. The van der Waals surface area contributed by atoms with Crippen LogP contribution in [0.25, 0.3) is 0 Å². The number of aliphatic hydroxyl groups is 1. The van der Waals surface area contributed by atoms with Gasteiger partial charge < -0.3 is 25.4 Å². The van der Waals surface area contributed by atoms with Gasteiger partial charge in [0.15, 0.2) is 0 Å². The zero-order valence-electron chi connectivity index (χ0n) is 19.7. The summed E-state index contributed by atoms with van der Waals surface area (Å²) in [6, 6.07) is 5.71. The first kappa shape index (κ1) is 24.0. The zero-order chi connectivity index (χ0) is 22.4. The van der Waals surface area contributed by atoms with E-state index in [1.54, 1.807) is 0 Å². The van der Waals surface area contributed by atoms with E-state index in [1.807, 2.05) is 32.0 Å². The van der Waals surface area contributed by atoms with Crippen molar-refractivity contribution in [3.63, 3.8) is 0 Å². The van der Waals surface area contributed by atoms with E-state index in [0.717, 1.165) is 49.5 Å². The maximum Gasteiger partial charge on any atom is 0.224 e. The smallest absolute Gasteiger partial charge is 0.224 e. The standard InChI is InChI=1S/C25H41N3O3/c1-18(2)10-11-27-23-20-16-19(8-9-21(20)31-25(3,4)24(23)30)17-22(29)26-12-15-28-13-6-5-7-14-28/h8-9,16,18,23-24,27,30H,5-7,10-15,17H2,1-4H3,(H,26,29). The lowest BCUT2D eigenvalue weighted by atomic mass is 9.85. The third-order valence-electron chi connectivity index (χ3n) is 6.46. The fourth-order valence-electron chi connectivity index (χ4n) is 4.49. The molecule has 2 unspecified atom stereocenters. The molecule has 31 heavy (non-hydrogen) atoms. The number of hydrogen-bond donors (Lipinski definition) is 3. The largest absolute Gasteiger partial charge is 0.485 e. The van der Waals surface area contributed by atoms with Crippen LogP contribution in [-0.2, 0) is 11.2 Å². The molecule has 0 aliphatic carbocycles. The predicted octanol–water partition coefficient (Wildman–Crippen LogP) is 3.04. The van der Waals surface area contributed by atoms with Crippen molar-refractivity contribution in [3.8, 4) is 5.75 Å². The van der Waals surface area contributed by atoms with E-state index in [9.17, 15) is 9.90 Å². The third-order valence-corrected chi connectivity index (χ3v) is 6.46. The van der Waals surface area contributed by atoms with E-state index in [0.29, 0.717) is 18.9 Å². The van der Waals surface area contributed by atoms with Gasteiger partial charge in [-0.05, 0) is 76.4 Å². The molecule has 3 rings (SSSR count). The second-order valence-electron chi connectivity index (χ2n) is 10.1. The molecular formula is C25H41N3O3. The molecule has 0 radical (unpaired) electrons. The normalized spacial score (nSPS) is 23.3. The molecule has 2 heterocycles. The number of ether oxygens (including phenoxy) is 1. The number of likely N-dealkylation sites (tertiary alicyclic amines) is 1. The highest BCUT2D eigenvalue weighted by atomic mass is 16.5. The van der Waals surface area contributed by atoms with Crippen LogP contribution >= 0.6 is 0 Å². The maximum absolute atomic E-state index is 12.5. The lowest BCUT2D eigenvalue weighted by Gasteiger charge is -2.42. The summed E-state index contributed by atoms with van der Waals surface area (Å²) in [5.41, 5.74) is 1.21. The molecular weight excluding hydrogens is 390 g/mol. The highest BCUT2D eigenvalue weighted by molar-refractivity contribution is 5.78. The molecule has 1 aromatic rings. The van der Waals surface area contributed by atoms with Gasteiger partial charge in [0.05, 0.1) is 12.5 Å². The Morgan fingerprint density at radius 2 is 1.97 bits per heavy atom. The Hall–Kier alpha value is -1.63. The summed E-state index contributed by atoms with van der Waals surface area (Å²) in [5, 5.41) is 17.5. The second-order valence-corrected chi connectivity index (χ2v) is 10.1. The van der Waals surface area contributed by atoms with Crippen LogP contribution in [0.15, 0.2) is 18.2 Å². The van der Waals surface area contributed by atoms with Crippen LogP contribution in [-0.4, -0.2) is 60.3 Å². The Balaban J connectivity index is 1.61. The van der Waals surface area contributed by atoms with Crippen molar-refractivity contribution in [2.75, 3.05) is 32.7 Å². The number of amides is 1. The minimum absolute atomic E-state index is 0.0406. The number of nitrogens with zero attached hydrogens (tertiary/aromatic N) is 1. The molecule has 2 atom stereocenters. The molecule has 6 heteroatoms. The van der Waals surface area contributed by atoms with Gasteiger partial charge in [-0.1, -0.05) is 26.3 Å². The van der Waals surface area contributed by atoms with Gasteiger partial charge >= 0.3 is 0 Å². The Morgan fingerprint density at radius 3 is 2.68 bits per heavy atom. The highest BCUT2D eigenvalue weighted by Crippen LogP contribution is 2.40. The summed E-state index contributed by atoms with van der Waals surface area (Å²) in [4.78, 5) is 14.9. The number of aliphatic hydroxyl groups excluding tert-OH is 1. The first-order valence-electron chi connectivity index (χ1n) is 12.0. The molecule has 0 aromatic heterocycles. The molecule has 174 valence electrons. The highest BCUT2D eigenvalue weighted by Gasteiger charge is 2.42. The minimum atomic E-state index is -0.671. The summed E-state index contributed by atoms with van der Waals surface area (Å²) < 4.78 is 6.09. The fraction of sp³-hybridized carbons (Fsp3) is 0.720. The molecule has 0 spiro atoms. The van der Waals surface area contributed by atoms with Gasteiger partial charge in [0.2, 0.25) is 5.91 Å². The summed E-state index contributed by atoms with van der Waals surface area (Å²) >= 11 is 0. The fourth-order valence-corrected chi connectivity index (χ4v) is 4.49. The maximum atomic E-state index is 12.5. The van der Waals surface area contributed by atoms with Crippen molar-refractivity contribution in [2.45, 2.75) is 77.5 Å². The van der Waals surface area contributed by atoms with Gasteiger partial charge in [-0.3, -0.25) is 4.79 Å². The number of rotatable bonds is 9. The number of carbonyl (C=O) groups is 1. The number of hydrogen-bond acceptors (Lipinski definition) is 5. The lowest BCUT2D eigenvalue weighted by Crippen LogP contribution is -2.52. The van der Waals surface area contributed by atoms with Crippen LogP contribution in [0.3, 0.4) is 0 Å². The number of benzene rings is 1. The molecule has 2 aliphatic rings. The first-order valence-corrected chi connectivity index (χ1v) is 12.0. The van der Waals surface area contributed by atoms with Gasteiger partial charge in [0.1, 0.15) is 17.5 Å². The number of fused-ring (bicyclic) bond motifs is 1. The van der Waals surface area contributed by atoms with Crippen molar-refractivity contribution in [2.24, 2.45) is 5.92 Å². The van der Waals surface area contributed by atoms with Crippen LogP contribution in [0.4, 0.5) is 0 Å². The Kier molecular flexibility index (Phi) is 8.36. The van der Waals surface area contributed by atoms with Crippen LogP contribution in [0.2, 0.25) is 0 Å². The second kappa shape index (κ2) is 10.8. The van der Waals surface area contributed by atoms with E-state index in [-0.39, 0.29) is 11.9 Å². The van der Waals surface area contributed by atoms with Crippen LogP contribution in [0, 0.1) is 5.92 Å². The van der Waals surface area contributed by atoms with Crippen molar-refractivity contribution < 1.29 is 14.6 Å². The van der Waals surface area contributed by atoms with E-state index in [4.69, 9.17) is 4.74 Å². The number of carbonyl (C=O) groups excluding carboxylic acids is 1. The zero-order valence-corrected chi connectivity index (χ0v) is 19.7. The summed E-state index contributed by atoms with van der Waals surface area (Å²) in [6.07, 6.45) is 4.57. The quantitative estimate of drug-likeness (QED) is 0.560. The topological polar surface area (TPSA) is 73.8 Å². The molecule has 1 saturated heterocycles. The van der Waals surface area contributed by atoms with E-state index in [1.165, 1.54) is 19.3 Å². The van der Waals surface area contributed by atoms with E-state index in [2.05, 4.69) is 29.4 Å². The van der Waals surface area contributed by atoms with Gasteiger partial charge in [-0.15, -0.1) is 0 Å². The minimum Gasteiger partial charge on any atom is -0.485 e. The summed E-state index contributed by atoms with van der Waals surface area (Å²) in [5.74, 6) is 1.42. The van der Waals surface area contributed by atoms with E-state index >= 15 is 0 Å². The van der Waals surface area contributed by atoms with Gasteiger partial charge in [-0.25, -0.2) is 0 Å². The molecule has 0 saturated carbocycles. The van der Waals surface area contributed by atoms with Crippen molar-refractivity contribution in [1.29, 1.82) is 0 Å². The van der Waals surface area contributed by atoms with Crippen molar-refractivity contribution >= 4 is 5.91 Å². The van der Waals surface area contributed by atoms with Crippen LogP contribution < -0.4 is 15.4 Å². The third kappa shape index (κ3) is 6.67. The number of piperidine rings is 1. The Morgan fingerprint density at radius 1 is 1.23 bits per heavy atom. The van der Waals surface area contributed by atoms with Crippen molar-refractivity contribution in [1.82, 2.24) is 15.5 Å². The van der Waals surface area contributed by atoms with Gasteiger partial charge in [0.25, 0.3) is 0 Å². The lowest BCUT2D eigenvalue weighted by molar-refractivity contribution is -0.120. The Bertz CT molecular complexity index is 729. The Labute approximate surface area is 187 Å². The summed E-state index contributed by atoms with van der Waals surface area (Å²) in [6.45, 7) is 13.0. The monoisotopic (exact) mass is 431 g/mol. The average molecular weight is 432 g/mol. The molecule has 1 fully saturated rings. The average Bonchev–Trinajstić information content (AvgIpc) is 2.72. The molecule has 3 N–H and O–H groups in total. The molecule has 1 amide bonds. The van der Waals surface area contributed by atoms with Gasteiger partial charge in [-0.2, -0.15) is 0 Å². The van der Waals surface area contributed by atoms with Crippen LogP contribution in [0.1, 0.15) is 70.5 Å². The van der Waals surface area contributed by atoms with Gasteiger partial charge in [0, 0.05) is 18.7 Å². The van der Waals surface area contributed by atoms with Crippen LogP contribution in [0.5, 0.6) is 5.75 Å². The van der Waals surface area contributed by atoms with Crippen molar-refractivity contribution in [3.05, 3.63) is 29.3 Å². The molecule has 2 aliphatic heterocycles.